The highest BCUT2D eigenvalue weighted by molar-refractivity contribution is 7.86. The van der Waals surface area contributed by atoms with Crippen molar-refractivity contribution in [3.63, 3.8) is 0 Å². The number of hydrogen-bond donors (Lipinski definition) is 11. The van der Waals surface area contributed by atoms with Gasteiger partial charge in [-0.15, -0.1) is 0 Å². The van der Waals surface area contributed by atoms with Crippen LogP contribution in [0.2, 0.25) is 0 Å². The number of hydrogen-bond acceptors (Lipinski definition) is 23. The van der Waals surface area contributed by atoms with E-state index in [4.69, 9.17) is 42.6 Å². The van der Waals surface area contributed by atoms with Gasteiger partial charge < -0.3 is 98.8 Å². The van der Waals surface area contributed by atoms with Crippen LogP contribution < -0.4 is 0 Å². The first-order valence-corrected chi connectivity index (χ1v) is 22.0. The maximum atomic E-state index is 14.2. The summed E-state index contributed by atoms with van der Waals surface area (Å²) in [6.07, 6.45) is -26.6. The van der Waals surface area contributed by atoms with E-state index in [0.29, 0.717) is 0 Å². The zero-order valence-electron chi connectivity index (χ0n) is 34.0. The maximum Gasteiger partial charge on any atom is 0.338 e. The molecule has 24 heteroatoms. The number of aromatic hydroxyl groups is 1. The minimum atomic E-state index is -2.61. The molecule has 0 unspecified atom stereocenters. The van der Waals surface area contributed by atoms with Crippen molar-refractivity contribution in [2.45, 2.75) is 147 Å². The molecule has 1 aliphatic carbocycles. The number of Topliss-reactive ketones (excluding diaryl/α,β-unsaturated/α-hetero) is 1. The zero-order chi connectivity index (χ0) is 45.5. The molecular formula is C39H54O23S. The number of ether oxygens (including phenoxy) is 9. The third-order valence-corrected chi connectivity index (χ3v) is 15.3. The topological polar surface area (TPSA) is 357 Å². The van der Waals surface area contributed by atoms with Gasteiger partial charge in [0.25, 0.3) is 0 Å². The Hall–Kier alpha value is -2.41. The van der Waals surface area contributed by atoms with Crippen molar-refractivity contribution in [3.8, 4) is 5.75 Å². The third kappa shape index (κ3) is 8.06. The van der Waals surface area contributed by atoms with Crippen LogP contribution in [-0.4, -0.2) is 225 Å². The van der Waals surface area contributed by atoms with Gasteiger partial charge in [0, 0.05) is 29.1 Å². The lowest BCUT2D eigenvalue weighted by molar-refractivity contribution is -0.377. The Labute approximate surface area is 361 Å². The van der Waals surface area contributed by atoms with E-state index < -0.39 is 175 Å². The predicted molar refractivity (Wildman–Crippen MR) is 202 cm³/mol. The predicted octanol–water partition coefficient (Wildman–Crippen LogP) is -5.62. The quantitative estimate of drug-likeness (QED) is 0.0975. The molecule has 0 aromatic heterocycles. The van der Waals surface area contributed by atoms with E-state index in [0.717, 1.165) is 0 Å². The number of ketones is 1. The van der Waals surface area contributed by atoms with Gasteiger partial charge in [-0.05, 0) is 37.6 Å². The van der Waals surface area contributed by atoms with Crippen molar-refractivity contribution in [1.29, 1.82) is 0 Å². The lowest BCUT2D eigenvalue weighted by Crippen LogP contribution is -2.66. The highest BCUT2D eigenvalue weighted by Crippen LogP contribution is 2.53. The van der Waals surface area contributed by atoms with E-state index in [9.17, 15) is 70.0 Å². The van der Waals surface area contributed by atoms with Gasteiger partial charge in [0.15, 0.2) is 24.5 Å². The Bertz CT molecular complexity index is 1860. The SMILES string of the molecule is C[C@@H]1CO[C@@]2(C[C@@H]1OC(=O)c1ccc(O)cc1)O[C@@H]1[C@@H]3[C@H](C[C@H](O)[C@]1(O)C2=O)[C@@H](O[C@@H]1O[C@H](C)[C@@H](O)[C@H](O)[C@H]1O[C@@H]1O[C@H](CO)[C@@H](O)[C@H](O[C@@H]2OC[C@@](O)(CO)[C@H]2O)[C@H]1O)C[S@]3=O. The number of carbonyl (C=O) groups is 2. The molecule has 11 N–H and O–H groups in total. The molecule has 6 saturated heterocycles. The van der Waals surface area contributed by atoms with Crippen LogP contribution in [0.5, 0.6) is 5.75 Å². The number of fused-ring (bicyclic) bond motifs is 3. The van der Waals surface area contributed by atoms with Crippen LogP contribution in [-0.2, 0) is 58.2 Å². The summed E-state index contributed by atoms with van der Waals surface area (Å²) >= 11 is 0. The van der Waals surface area contributed by atoms with E-state index in [-0.39, 0.29) is 36.5 Å². The summed E-state index contributed by atoms with van der Waals surface area (Å²) < 4.78 is 66.7. The van der Waals surface area contributed by atoms with Gasteiger partial charge in [0.2, 0.25) is 11.6 Å². The number of esters is 1. The average Bonchev–Trinajstić information content (AvgIpc) is 3.80. The summed E-state index contributed by atoms with van der Waals surface area (Å²) in [5, 5.41) is 117. The second-order valence-corrected chi connectivity index (χ2v) is 19.2. The monoisotopic (exact) mass is 922 g/mol. The molecule has 6 heterocycles. The van der Waals surface area contributed by atoms with Crippen molar-refractivity contribution >= 4 is 22.6 Å². The Balaban J connectivity index is 0.994. The van der Waals surface area contributed by atoms with Crippen LogP contribution >= 0.6 is 0 Å². The summed E-state index contributed by atoms with van der Waals surface area (Å²) in [5.74, 6) is -5.73. The molecular weight excluding hydrogens is 868 g/mol. The first kappa shape index (κ1) is 47.1. The summed E-state index contributed by atoms with van der Waals surface area (Å²) in [4.78, 5) is 27.3. The van der Waals surface area contributed by atoms with Crippen LogP contribution in [0.25, 0.3) is 0 Å². The van der Waals surface area contributed by atoms with Gasteiger partial charge in [-0.25, -0.2) is 4.79 Å². The van der Waals surface area contributed by atoms with Gasteiger partial charge >= 0.3 is 5.97 Å². The summed E-state index contributed by atoms with van der Waals surface area (Å²) in [5.41, 5.74) is -4.63. The average molecular weight is 923 g/mol. The fourth-order valence-corrected chi connectivity index (χ4v) is 11.6. The number of carbonyl (C=O) groups excluding carboxylic acids is 2. The van der Waals surface area contributed by atoms with Gasteiger partial charge in [-0.3, -0.25) is 9.00 Å². The smallest absolute Gasteiger partial charge is 0.338 e. The minimum absolute atomic E-state index is 0.0723. The summed E-state index contributed by atoms with van der Waals surface area (Å²) in [6.45, 7) is 0.601. The third-order valence-electron chi connectivity index (χ3n) is 13.4. The molecule has 8 rings (SSSR count). The first-order chi connectivity index (χ1) is 29.8. The van der Waals surface area contributed by atoms with Crippen LogP contribution in [0.1, 0.15) is 37.0 Å². The van der Waals surface area contributed by atoms with Crippen molar-refractivity contribution < 1.29 is 113 Å². The second kappa shape index (κ2) is 17.7. The van der Waals surface area contributed by atoms with Crippen LogP contribution in [0, 0.1) is 11.8 Å². The molecule has 0 bridgehead atoms. The number of aliphatic hydroxyl groups excluding tert-OH is 8. The minimum Gasteiger partial charge on any atom is -0.508 e. The van der Waals surface area contributed by atoms with Gasteiger partial charge in [0.05, 0.1) is 61.3 Å². The highest BCUT2D eigenvalue weighted by atomic mass is 32.2. The van der Waals surface area contributed by atoms with Crippen molar-refractivity contribution in [2.24, 2.45) is 11.8 Å². The van der Waals surface area contributed by atoms with Crippen molar-refractivity contribution in [2.75, 3.05) is 32.2 Å². The molecule has 1 aromatic carbocycles. The molecule has 0 amide bonds. The van der Waals surface area contributed by atoms with Crippen LogP contribution in [0.15, 0.2) is 24.3 Å². The normalized spacial score (nSPS) is 51.0. The molecule has 23 nitrogen and oxygen atoms in total. The molecule has 1 aromatic rings. The van der Waals surface area contributed by atoms with E-state index >= 15 is 0 Å². The number of benzene rings is 1. The standard InChI is InChI=1S/C39H54O23S/c1-14-10-55-38(8-19(14)57-32(49)16-3-5-17(42)6-4-16)36(50)39(52)22(43)7-18-21(11-63(53)29(18)31(39)62-38)59-34-28(25(46)23(44)15(2)56-34)61-33-26(47)27(24(45)20(9-40)58-33)60-35-30(48)37(51,12-41)13-54-35/h3-6,14-15,18-31,33-35,40-48,51-52H,7-13H2,1-2H3/t14-,15-,18-,19+,20-,21+,22+,23-,24-,25+,26-,27+,28-,29+,30+,31-,33+,34+,35+,37+,38+,39-,63-/m1/s1. The van der Waals surface area contributed by atoms with E-state index in [1.54, 1.807) is 6.92 Å². The van der Waals surface area contributed by atoms with E-state index in [1.807, 2.05) is 0 Å². The molecule has 23 atom stereocenters. The molecule has 0 radical (unpaired) electrons. The molecule has 7 aliphatic rings. The lowest BCUT2D eigenvalue weighted by Gasteiger charge is -2.47. The molecule has 354 valence electrons. The summed E-state index contributed by atoms with van der Waals surface area (Å²) in [6, 6.07) is 5.30. The van der Waals surface area contributed by atoms with Crippen molar-refractivity contribution in [1.82, 2.24) is 0 Å². The second-order valence-electron chi connectivity index (χ2n) is 17.5. The van der Waals surface area contributed by atoms with Gasteiger partial charge in [-0.2, -0.15) is 0 Å². The van der Waals surface area contributed by atoms with E-state index in [2.05, 4.69) is 0 Å². The Morgan fingerprint density at radius 1 is 0.873 bits per heavy atom. The number of phenolic OH excluding ortho intramolecular Hbond substituents is 1. The van der Waals surface area contributed by atoms with Crippen LogP contribution in [0.4, 0.5) is 0 Å². The molecule has 1 spiro atoms. The number of aliphatic hydroxyl groups is 10. The Morgan fingerprint density at radius 3 is 2.24 bits per heavy atom. The molecule has 63 heavy (non-hydrogen) atoms. The molecule has 6 aliphatic heterocycles. The zero-order valence-corrected chi connectivity index (χ0v) is 34.8. The van der Waals surface area contributed by atoms with Crippen molar-refractivity contribution in [3.05, 3.63) is 29.8 Å². The Kier molecular flexibility index (Phi) is 13.2. The number of phenols is 1. The fourth-order valence-electron chi connectivity index (χ4n) is 9.54. The number of rotatable bonds is 10. The largest absolute Gasteiger partial charge is 0.508 e. The van der Waals surface area contributed by atoms with Crippen LogP contribution in [0.3, 0.4) is 0 Å². The first-order valence-electron chi connectivity index (χ1n) is 20.6. The van der Waals surface area contributed by atoms with E-state index in [1.165, 1.54) is 31.2 Å². The highest BCUT2D eigenvalue weighted by Gasteiger charge is 2.75. The molecule has 1 saturated carbocycles. The van der Waals surface area contributed by atoms with Gasteiger partial charge in [-0.1, -0.05) is 6.92 Å². The lowest BCUT2D eigenvalue weighted by atomic mass is 9.70. The fraction of sp³-hybridized carbons (Fsp3) is 0.795. The summed E-state index contributed by atoms with van der Waals surface area (Å²) in [7, 11) is -1.93. The Morgan fingerprint density at radius 2 is 1.57 bits per heavy atom. The maximum absolute atomic E-state index is 14.2. The van der Waals surface area contributed by atoms with Gasteiger partial charge in [0.1, 0.15) is 72.4 Å². The molecule has 7 fully saturated rings.